The van der Waals surface area contributed by atoms with E-state index in [1.54, 1.807) is 6.20 Å². The van der Waals surface area contributed by atoms with Gasteiger partial charge in [-0.25, -0.2) is 4.98 Å². The second-order valence-corrected chi connectivity index (χ2v) is 2.67. The highest BCUT2D eigenvalue weighted by Crippen LogP contribution is 2.17. The standard InChI is InChI=1S/C7H5BrN2O/c8-4-6-5-2-1-3-9-7(5)10-11-6/h1-3H,4H2. The summed E-state index contributed by atoms with van der Waals surface area (Å²) in [4.78, 5) is 4.02. The molecule has 0 atom stereocenters. The number of pyridine rings is 1. The summed E-state index contributed by atoms with van der Waals surface area (Å²) >= 11 is 3.30. The molecule has 0 aliphatic heterocycles. The van der Waals surface area contributed by atoms with E-state index in [1.165, 1.54) is 0 Å². The Balaban J connectivity index is 2.76. The van der Waals surface area contributed by atoms with Crippen molar-refractivity contribution in [2.24, 2.45) is 0 Å². The molecule has 2 rings (SSSR count). The summed E-state index contributed by atoms with van der Waals surface area (Å²) in [6.07, 6.45) is 1.70. The molecule has 0 aromatic carbocycles. The second kappa shape index (κ2) is 2.62. The minimum atomic E-state index is 0.668. The number of rotatable bonds is 1. The van der Waals surface area contributed by atoms with Gasteiger partial charge in [0.15, 0.2) is 5.76 Å². The summed E-state index contributed by atoms with van der Waals surface area (Å²) in [6.45, 7) is 0. The van der Waals surface area contributed by atoms with Gasteiger partial charge in [-0.3, -0.25) is 0 Å². The average molecular weight is 213 g/mol. The third kappa shape index (κ3) is 1.03. The third-order valence-corrected chi connectivity index (χ3v) is 1.96. The number of fused-ring (bicyclic) bond motifs is 1. The second-order valence-electron chi connectivity index (χ2n) is 2.11. The Morgan fingerprint density at radius 1 is 1.55 bits per heavy atom. The number of halogens is 1. The lowest BCUT2D eigenvalue weighted by atomic mass is 10.3. The third-order valence-electron chi connectivity index (χ3n) is 1.45. The average Bonchev–Trinajstić information content (AvgIpc) is 2.47. The normalized spacial score (nSPS) is 10.6. The molecule has 0 aliphatic carbocycles. The maximum absolute atomic E-state index is 5.00. The molecule has 4 heteroatoms. The molecule has 11 heavy (non-hydrogen) atoms. The molecular formula is C7H5BrN2O. The van der Waals surface area contributed by atoms with Crippen molar-refractivity contribution in [2.75, 3.05) is 0 Å². The van der Waals surface area contributed by atoms with Crippen molar-refractivity contribution in [3.05, 3.63) is 24.1 Å². The van der Waals surface area contributed by atoms with Gasteiger partial charge in [-0.2, -0.15) is 0 Å². The molecule has 0 radical (unpaired) electrons. The Bertz CT molecular complexity index is 371. The predicted molar refractivity (Wildman–Crippen MR) is 44.4 cm³/mol. The smallest absolute Gasteiger partial charge is 0.202 e. The Morgan fingerprint density at radius 3 is 3.27 bits per heavy atom. The van der Waals surface area contributed by atoms with E-state index < -0.39 is 0 Å². The maximum atomic E-state index is 5.00. The van der Waals surface area contributed by atoms with Crippen LogP contribution in [0.5, 0.6) is 0 Å². The molecule has 0 saturated carbocycles. The molecular weight excluding hydrogens is 208 g/mol. The van der Waals surface area contributed by atoms with Crippen LogP contribution < -0.4 is 0 Å². The van der Waals surface area contributed by atoms with E-state index in [2.05, 4.69) is 26.1 Å². The first kappa shape index (κ1) is 6.79. The lowest BCUT2D eigenvalue weighted by molar-refractivity contribution is 0.402. The van der Waals surface area contributed by atoms with Crippen LogP contribution in [0.15, 0.2) is 22.9 Å². The first-order valence-electron chi connectivity index (χ1n) is 3.17. The topological polar surface area (TPSA) is 38.9 Å². The van der Waals surface area contributed by atoms with Gasteiger partial charge in [-0.1, -0.05) is 21.1 Å². The van der Waals surface area contributed by atoms with Crippen LogP contribution in [0.2, 0.25) is 0 Å². The van der Waals surface area contributed by atoms with Gasteiger partial charge in [0.05, 0.1) is 10.7 Å². The van der Waals surface area contributed by atoms with Gasteiger partial charge >= 0.3 is 0 Å². The molecule has 2 aromatic heterocycles. The van der Waals surface area contributed by atoms with Crippen molar-refractivity contribution < 1.29 is 4.52 Å². The van der Waals surface area contributed by atoms with Crippen LogP contribution in [0.1, 0.15) is 5.76 Å². The highest BCUT2D eigenvalue weighted by atomic mass is 79.9. The summed E-state index contributed by atoms with van der Waals surface area (Å²) in [5.74, 6) is 0.827. The number of hydrogen-bond donors (Lipinski definition) is 0. The minimum Gasteiger partial charge on any atom is -0.358 e. The van der Waals surface area contributed by atoms with Crippen molar-refractivity contribution in [1.29, 1.82) is 0 Å². The molecule has 0 unspecified atom stereocenters. The monoisotopic (exact) mass is 212 g/mol. The Hall–Kier alpha value is -0.900. The van der Waals surface area contributed by atoms with Crippen LogP contribution in [0.3, 0.4) is 0 Å². The van der Waals surface area contributed by atoms with E-state index in [-0.39, 0.29) is 0 Å². The van der Waals surface area contributed by atoms with Crippen molar-refractivity contribution in [3.63, 3.8) is 0 Å². The molecule has 56 valence electrons. The van der Waals surface area contributed by atoms with E-state index in [9.17, 15) is 0 Å². The van der Waals surface area contributed by atoms with Gasteiger partial charge in [-0.15, -0.1) is 0 Å². The fourth-order valence-corrected chi connectivity index (χ4v) is 1.34. The van der Waals surface area contributed by atoms with E-state index in [4.69, 9.17) is 4.52 Å². The van der Waals surface area contributed by atoms with Gasteiger partial charge in [0, 0.05) is 6.20 Å². The first-order valence-corrected chi connectivity index (χ1v) is 4.29. The predicted octanol–water partition coefficient (Wildman–Crippen LogP) is 2.12. The zero-order valence-electron chi connectivity index (χ0n) is 5.62. The zero-order valence-corrected chi connectivity index (χ0v) is 7.21. The minimum absolute atomic E-state index is 0.668. The largest absolute Gasteiger partial charge is 0.358 e. The highest BCUT2D eigenvalue weighted by Gasteiger charge is 2.05. The van der Waals surface area contributed by atoms with Gasteiger partial charge in [0.25, 0.3) is 0 Å². The molecule has 0 spiro atoms. The Morgan fingerprint density at radius 2 is 2.45 bits per heavy atom. The summed E-state index contributed by atoms with van der Waals surface area (Å²) in [7, 11) is 0. The van der Waals surface area contributed by atoms with Crippen molar-refractivity contribution >= 4 is 27.0 Å². The van der Waals surface area contributed by atoms with Crippen molar-refractivity contribution in [2.45, 2.75) is 5.33 Å². The molecule has 0 amide bonds. The van der Waals surface area contributed by atoms with Gasteiger partial charge in [0.2, 0.25) is 5.65 Å². The van der Waals surface area contributed by atoms with E-state index in [0.29, 0.717) is 11.0 Å². The lowest BCUT2D eigenvalue weighted by Crippen LogP contribution is -1.74. The fraction of sp³-hybridized carbons (Fsp3) is 0.143. The molecule has 0 saturated heterocycles. The molecule has 0 aliphatic rings. The molecule has 2 heterocycles. The molecule has 0 N–H and O–H groups in total. The van der Waals surface area contributed by atoms with Crippen molar-refractivity contribution in [3.8, 4) is 0 Å². The Kier molecular flexibility index (Phi) is 1.62. The fourth-order valence-electron chi connectivity index (χ4n) is 0.931. The molecule has 0 fully saturated rings. The van der Waals surface area contributed by atoms with Crippen LogP contribution in [-0.4, -0.2) is 10.1 Å². The number of aromatic nitrogens is 2. The lowest BCUT2D eigenvalue weighted by Gasteiger charge is -1.84. The van der Waals surface area contributed by atoms with Crippen LogP contribution in [0.25, 0.3) is 11.0 Å². The number of hydrogen-bond acceptors (Lipinski definition) is 3. The number of alkyl halides is 1. The number of nitrogens with zero attached hydrogens (tertiary/aromatic N) is 2. The molecule has 0 bridgehead atoms. The van der Waals surface area contributed by atoms with Crippen LogP contribution in [0, 0.1) is 0 Å². The quantitative estimate of drug-likeness (QED) is 0.681. The highest BCUT2D eigenvalue weighted by molar-refractivity contribution is 9.08. The maximum Gasteiger partial charge on any atom is 0.202 e. The summed E-state index contributed by atoms with van der Waals surface area (Å²) in [5.41, 5.74) is 0.668. The molecule has 2 aromatic rings. The van der Waals surface area contributed by atoms with Gasteiger partial charge < -0.3 is 4.52 Å². The zero-order chi connectivity index (χ0) is 7.68. The van der Waals surface area contributed by atoms with E-state index >= 15 is 0 Å². The Labute approximate surface area is 71.5 Å². The SMILES string of the molecule is BrCc1onc2ncccc12. The molecule has 3 nitrogen and oxygen atoms in total. The summed E-state index contributed by atoms with van der Waals surface area (Å²) in [6, 6.07) is 3.81. The van der Waals surface area contributed by atoms with Gasteiger partial charge in [0.1, 0.15) is 0 Å². The van der Waals surface area contributed by atoms with Crippen molar-refractivity contribution in [1.82, 2.24) is 10.1 Å². The van der Waals surface area contributed by atoms with Crippen LogP contribution in [-0.2, 0) is 5.33 Å². The summed E-state index contributed by atoms with van der Waals surface area (Å²) in [5, 5.41) is 5.43. The van der Waals surface area contributed by atoms with Gasteiger partial charge in [-0.05, 0) is 12.1 Å². The van der Waals surface area contributed by atoms with Crippen LogP contribution >= 0.6 is 15.9 Å². The first-order chi connectivity index (χ1) is 5.42. The summed E-state index contributed by atoms with van der Waals surface area (Å²) < 4.78 is 5.00. The van der Waals surface area contributed by atoms with E-state index in [0.717, 1.165) is 11.1 Å². The van der Waals surface area contributed by atoms with Crippen LogP contribution in [0.4, 0.5) is 0 Å². The van der Waals surface area contributed by atoms with E-state index in [1.807, 2.05) is 12.1 Å².